The zero-order chi connectivity index (χ0) is 12.1. The van der Waals surface area contributed by atoms with E-state index < -0.39 is 0 Å². The second kappa shape index (κ2) is 5.65. The molecular formula is C12H16N2O3. The van der Waals surface area contributed by atoms with Gasteiger partial charge in [0, 0.05) is 19.6 Å². The van der Waals surface area contributed by atoms with Crippen LogP contribution in [0.25, 0.3) is 0 Å². The summed E-state index contributed by atoms with van der Waals surface area (Å²) in [5, 5.41) is 0. The van der Waals surface area contributed by atoms with Gasteiger partial charge in [-0.05, 0) is 17.7 Å². The minimum atomic E-state index is -0.325. The van der Waals surface area contributed by atoms with Crippen LogP contribution in [0.4, 0.5) is 4.79 Å². The van der Waals surface area contributed by atoms with E-state index in [1.54, 1.807) is 17.0 Å². The maximum absolute atomic E-state index is 11.7. The van der Waals surface area contributed by atoms with Crippen LogP contribution < -0.4 is 10.5 Å². The first-order valence-corrected chi connectivity index (χ1v) is 5.63. The standard InChI is InChI=1S/C12H16N2O3/c13-9-10-1-3-11(4-2-10)17-12(15)14-5-7-16-8-6-14/h1-4H,5-9,13H2. The van der Waals surface area contributed by atoms with Crippen LogP contribution in [0, 0.1) is 0 Å². The van der Waals surface area contributed by atoms with Gasteiger partial charge in [0.05, 0.1) is 13.2 Å². The van der Waals surface area contributed by atoms with Gasteiger partial charge in [-0.2, -0.15) is 0 Å². The molecule has 1 aliphatic heterocycles. The molecule has 2 N–H and O–H groups in total. The zero-order valence-electron chi connectivity index (χ0n) is 9.59. The number of hydrogen-bond donors (Lipinski definition) is 1. The highest BCUT2D eigenvalue weighted by molar-refractivity contribution is 5.70. The van der Waals surface area contributed by atoms with Gasteiger partial charge in [-0.25, -0.2) is 4.79 Å². The summed E-state index contributed by atoms with van der Waals surface area (Å²) in [5.74, 6) is 0.540. The second-order valence-electron chi connectivity index (χ2n) is 3.82. The van der Waals surface area contributed by atoms with Crippen molar-refractivity contribution >= 4 is 6.09 Å². The molecule has 5 heteroatoms. The molecule has 0 atom stereocenters. The van der Waals surface area contributed by atoms with Gasteiger partial charge in [-0.1, -0.05) is 12.1 Å². The predicted octanol–water partition coefficient (Wildman–Crippen LogP) is 0.976. The van der Waals surface area contributed by atoms with Crippen LogP contribution in [-0.2, 0) is 11.3 Å². The number of carbonyl (C=O) groups excluding carboxylic acids is 1. The number of morpholine rings is 1. The van der Waals surface area contributed by atoms with E-state index in [2.05, 4.69) is 0 Å². The third-order valence-corrected chi connectivity index (χ3v) is 2.63. The van der Waals surface area contributed by atoms with Crippen molar-refractivity contribution in [3.63, 3.8) is 0 Å². The molecule has 0 aliphatic carbocycles. The molecular weight excluding hydrogens is 220 g/mol. The number of nitrogens with two attached hydrogens (primary N) is 1. The smallest absolute Gasteiger partial charge is 0.410 e. The maximum Gasteiger partial charge on any atom is 0.415 e. The molecule has 0 aromatic heterocycles. The fraction of sp³-hybridized carbons (Fsp3) is 0.417. The molecule has 1 fully saturated rings. The third kappa shape index (κ3) is 3.18. The van der Waals surface area contributed by atoms with Crippen LogP contribution in [-0.4, -0.2) is 37.3 Å². The quantitative estimate of drug-likeness (QED) is 0.831. The molecule has 92 valence electrons. The average molecular weight is 236 g/mol. The van der Waals surface area contributed by atoms with Crippen molar-refractivity contribution in [3.8, 4) is 5.75 Å². The minimum Gasteiger partial charge on any atom is -0.410 e. The maximum atomic E-state index is 11.7. The molecule has 1 aliphatic rings. The average Bonchev–Trinajstić information content (AvgIpc) is 2.40. The molecule has 1 aromatic rings. The Labute approximate surface area is 100 Å². The highest BCUT2D eigenvalue weighted by Gasteiger charge is 2.18. The van der Waals surface area contributed by atoms with E-state index in [1.807, 2.05) is 12.1 Å². The van der Waals surface area contributed by atoms with Gasteiger partial charge in [-0.15, -0.1) is 0 Å². The first kappa shape index (κ1) is 11.9. The van der Waals surface area contributed by atoms with Gasteiger partial charge in [-0.3, -0.25) is 0 Å². The summed E-state index contributed by atoms with van der Waals surface area (Å²) in [6, 6.07) is 7.20. The summed E-state index contributed by atoms with van der Waals surface area (Å²) >= 11 is 0. The number of ether oxygens (including phenoxy) is 2. The number of rotatable bonds is 2. The van der Waals surface area contributed by atoms with Crippen molar-refractivity contribution in [2.24, 2.45) is 5.73 Å². The topological polar surface area (TPSA) is 64.8 Å². The van der Waals surface area contributed by atoms with E-state index in [0.717, 1.165) is 5.56 Å². The lowest BCUT2D eigenvalue weighted by molar-refractivity contribution is 0.0416. The highest BCUT2D eigenvalue weighted by atomic mass is 16.6. The number of benzene rings is 1. The number of hydrogen-bond acceptors (Lipinski definition) is 4. The van der Waals surface area contributed by atoms with Crippen LogP contribution in [0.3, 0.4) is 0 Å². The fourth-order valence-electron chi connectivity index (χ4n) is 1.60. The van der Waals surface area contributed by atoms with E-state index in [9.17, 15) is 4.79 Å². The lowest BCUT2D eigenvalue weighted by atomic mass is 10.2. The van der Waals surface area contributed by atoms with Gasteiger partial charge in [0.2, 0.25) is 0 Å². The van der Waals surface area contributed by atoms with Crippen molar-refractivity contribution in [2.75, 3.05) is 26.3 Å². The second-order valence-corrected chi connectivity index (χ2v) is 3.82. The van der Waals surface area contributed by atoms with Crippen LogP contribution in [0.2, 0.25) is 0 Å². The van der Waals surface area contributed by atoms with Crippen LogP contribution in [0.1, 0.15) is 5.56 Å². The van der Waals surface area contributed by atoms with E-state index in [-0.39, 0.29) is 6.09 Å². The molecule has 0 unspecified atom stereocenters. The third-order valence-electron chi connectivity index (χ3n) is 2.63. The highest BCUT2D eigenvalue weighted by Crippen LogP contribution is 2.13. The van der Waals surface area contributed by atoms with E-state index in [4.69, 9.17) is 15.2 Å². The molecule has 1 heterocycles. The molecule has 0 radical (unpaired) electrons. The van der Waals surface area contributed by atoms with Crippen molar-refractivity contribution < 1.29 is 14.3 Å². The molecule has 1 saturated heterocycles. The van der Waals surface area contributed by atoms with E-state index in [1.165, 1.54) is 0 Å². The Morgan fingerprint density at radius 2 is 1.94 bits per heavy atom. The minimum absolute atomic E-state index is 0.325. The van der Waals surface area contributed by atoms with Crippen molar-refractivity contribution in [3.05, 3.63) is 29.8 Å². The largest absolute Gasteiger partial charge is 0.415 e. The monoisotopic (exact) mass is 236 g/mol. The zero-order valence-corrected chi connectivity index (χ0v) is 9.59. The first-order chi connectivity index (χ1) is 8.29. The summed E-state index contributed by atoms with van der Waals surface area (Å²) in [5.41, 5.74) is 6.50. The normalized spacial score (nSPS) is 15.7. The molecule has 1 amide bonds. The SMILES string of the molecule is NCc1ccc(OC(=O)N2CCOCC2)cc1. The van der Waals surface area contributed by atoms with E-state index in [0.29, 0.717) is 38.6 Å². The van der Waals surface area contributed by atoms with Crippen LogP contribution >= 0.6 is 0 Å². The van der Waals surface area contributed by atoms with Gasteiger partial charge in [0.25, 0.3) is 0 Å². The molecule has 0 bridgehead atoms. The molecule has 2 rings (SSSR count). The van der Waals surface area contributed by atoms with Crippen molar-refractivity contribution in [2.45, 2.75) is 6.54 Å². The number of carbonyl (C=O) groups is 1. The summed E-state index contributed by atoms with van der Waals surface area (Å²) in [7, 11) is 0. The lowest BCUT2D eigenvalue weighted by Crippen LogP contribution is -2.42. The molecule has 1 aromatic carbocycles. The van der Waals surface area contributed by atoms with Crippen molar-refractivity contribution in [1.82, 2.24) is 4.90 Å². The molecule has 0 saturated carbocycles. The predicted molar refractivity (Wildman–Crippen MR) is 62.7 cm³/mol. The van der Waals surface area contributed by atoms with Gasteiger partial charge in [0.15, 0.2) is 0 Å². The Morgan fingerprint density at radius 3 is 2.53 bits per heavy atom. The molecule has 5 nitrogen and oxygen atoms in total. The Kier molecular flexibility index (Phi) is 3.95. The van der Waals surface area contributed by atoms with Gasteiger partial charge in [0.1, 0.15) is 5.75 Å². The summed E-state index contributed by atoms with van der Waals surface area (Å²) in [4.78, 5) is 13.4. The Bertz CT molecular complexity index is 372. The molecule has 0 spiro atoms. The van der Waals surface area contributed by atoms with Gasteiger partial charge < -0.3 is 20.1 Å². The summed E-state index contributed by atoms with van der Waals surface area (Å²) < 4.78 is 10.4. The van der Waals surface area contributed by atoms with Crippen LogP contribution in [0.15, 0.2) is 24.3 Å². The Morgan fingerprint density at radius 1 is 1.29 bits per heavy atom. The summed E-state index contributed by atoms with van der Waals surface area (Å²) in [6.45, 7) is 2.79. The van der Waals surface area contributed by atoms with Gasteiger partial charge >= 0.3 is 6.09 Å². The number of amides is 1. The van der Waals surface area contributed by atoms with E-state index >= 15 is 0 Å². The number of nitrogens with zero attached hydrogens (tertiary/aromatic N) is 1. The first-order valence-electron chi connectivity index (χ1n) is 5.63. The Hall–Kier alpha value is -1.59. The van der Waals surface area contributed by atoms with Crippen LogP contribution in [0.5, 0.6) is 5.75 Å². The Balaban J connectivity index is 1.92. The fourth-order valence-corrected chi connectivity index (χ4v) is 1.60. The molecule has 17 heavy (non-hydrogen) atoms. The summed E-state index contributed by atoms with van der Waals surface area (Å²) in [6.07, 6.45) is -0.325. The van der Waals surface area contributed by atoms with Crippen molar-refractivity contribution in [1.29, 1.82) is 0 Å². The lowest BCUT2D eigenvalue weighted by Gasteiger charge is -2.25.